The van der Waals surface area contributed by atoms with Gasteiger partial charge in [0.2, 0.25) is 0 Å². The molecule has 0 aromatic heterocycles. The van der Waals surface area contributed by atoms with Gasteiger partial charge in [-0.05, 0) is 105 Å². The molecule has 4 aliphatic rings. The molecule has 0 spiro atoms. The molecule has 1 aromatic rings. The van der Waals surface area contributed by atoms with Crippen LogP contribution in [0.25, 0.3) is 0 Å². The molecule has 1 N–H and O–H groups in total. The van der Waals surface area contributed by atoms with Crippen molar-refractivity contribution in [3.8, 4) is 18.1 Å². The standard InChI is InChI=1S/C26H34O2/c1-4-26(27)14-13-23-22-11-9-18-15-20(28-19-7-5-6-8-19)10-12-21(18)24(22)17(2)16-25(23,26)3/h1,10,12,15,17,19,22-24,27H,5-9,11,13-14,16H2,2-3H3/t17-,22-,23-,24+,25-,26-/m0/s1. The van der Waals surface area contributed by atoms with E-state index in [4.69, 9.17) is 11.2 Å². The van der Waals surface area contributed by atoms with Gasteiger partial charge in [-0.2, -0.15) is 0 Å². The van der Waals surface area contributed by atoms with Crippen molar-refractivity contribution in [3.63, 3.8) is 0 Å². The fourth-order valence-corrected chi connectivity index (χ4v) is 7.62. The summed E-state index contributed by atoms with van der Waals surface area (Å²) in [6, 6.07) is 6.90. The highest BCUT2D eigenvalue weighted by molar-refractivity contribution is 5.42. The molecule has 2 heteroatoms. The minimum absolute atomic E-state index is 0.134. The number of terminal acetylenes is 1. The van der Waals surface area contributed by atoms with E-state index in [2.05, 4.69) is 38.0 Å². The average molecular weight is 379 g/mol. The van der Waals surface area contributed by atoms with E-state index in [1.807, 2.05) is 0 Å². The predicted molar refractivity (Wildman–Crippen MR) is 112 cm³/mol. The van der Waals surface area contributed by atoms with E-state index in [-0.39, 0.29) is 5.41 Å². The molecule has 0 saturated heterocycles. The van der Waals surface area contributed by atoms with Crippen molar-refractivity contribution in [2.75, 3.05) is 0 Å². The number of fused-ring (bicyclic) bond motifs is 5. The van der Waals surface area contributed by atoms with Crippen LogP contribution >= 0.6 is 0 Å². The second kappa shape index (κ2) is 6.53. The molecule has 28 heavy (non-hydrogen) atoms. The van der Waals surface area contributed by atoms with Crippen molar-refractivity contribution in [1.29, 1.82) is 0 Å². The molecule has 0 unspecified atom stereocenters. The molecule has 2 nitrogen and oxygen atoms in total. The number of benzene rings is 1. The Morgan fingerprint density at radius 2 is 1.96 bits per heavy atom. The fraction of sp³-hybridized carbons (Fsp3) is 0.692. The monoisotopic (exact) mass is 378 g/mol. The van der Waals surface area contributed by atoms with Gasteiger partial charge >= 0.3 is 0 Å². The van der Waals surface area contributed by atoms with Crippen molar-refractivity contribution in [2.45, 2.75) is 89.3 Å². The number of rotatable bonds is 2. The molecule has 6 atom stereocenters. The van der Waals surface area contributed by atoms with Gasteiger partial charge in [-0.1, -0.05) is 25.8 Å². The van der Waals surface area contributed by atoms with Gasteiger partial charge in [-0.15, -0.1) is 6.42 Å². The molecule has 0 aliphatic heterocycles. The average Bonchev–Trinajstić information content (AvgIpc) is 3.28. The molecule has 150 valence electrons. The Kier molecular flexibility index (Phi) is 4.33. The first-order chi connectivity index (χ1) is 13.4. The molecule has 1 aromatic carbocycles. The zero-order valence-corrected chi connectivity index (χ0v) is 17.4. The molecule has 3 fully saturated rings. The summed E-state index contributed by atoms with van der Waals surface area (Å²) in [4.78, 5) is 0. The van der Waals surface area contributed by atoms with E-state index >= 15 is 0 Å². The van der Waals surface area contributed by atoms with Gasteiger partial charge in [0.1, 0.15) is 11.4 Å². The van der Waals surface area contributed by atoms with Gasteiger partial charge in [-0.25, -0.2) is 0 Å². The molecule has 4 aliphatic carbocycles. The highest BCUT2D eigenvalue weighted by Gasteiger charge is 2.62. The molecule has 3 saturated carbocycles. The largest absolute Gasteiger partial charge is 0.490 e. The summed E-state index contributed by atoms with van der Waals surface area (Å²) in [6.45, 7) is 4.65. The van der Waals surface area contributed by atoms with Crippen LogP contribution < -0.4 is 4.74 Å². The summed E-state index contributed by atoms with van der Waals surface area (Å²) < 4.78 is 6.28. The topological polar surface area (TPSA) is 29.5 Å². The SMILES string of the molecule is C#C[C@]1(O)CC[C@H]2[C@@H]3CCc4cc(OC5CCCC5)ccc4[C@H]3[C@@H](C)C[C@@]21C. The molecular formula is C26H34O2. The summed E-state index contributed by atoms with van der Waals surface area (Å²) in [5, 5.41) is 11.2. The van der Waals surface area contributed by atoms with E-state index in [0.29, 0.717) is 29.8 Å². The molecule has 0 bridgehead atoms. The predicted octanol–water partition coefficient (Wildman–Crippen LogP) is 5.47. The van der Waals surface area contributed by atoms with Gasteiger partial charge in [0.05, 0.1) is 6.10 Å². The number of aryl methyl sites for hydroxylation is 1. The van der Waals surface area contributed by atoms with Gasteiger partial charge in [0.25, 0.3) is 0 Å². The zero-order valence-electron chi connectivity index (χ0n) is 17.4. The Balaban J connectivity index is 1.44. The Morgan fingerprint density at radius 3 is 2.71 bits per heavy atom. The molecule has 0 heterocycles. The van der Waals surface area contributed by atoms with Crippen molar-refractivity contribution in [1.82, 2.24) is 0 Å². The number of hydrogen-bond donors (Lipinski definition) is 1. The summed E-state index contributed by atoms with van der Waals surface area (Å²) in [5.74, 6) is 6.19. The quantitative estimate of drug-likeness (QED) is 0.691. The zero-order chi connectivity index (χ0) is 19.5. The highest BCUT2D eigenvalue weighted by atomic mass is 16.5. The highest BCUT2D eigenvalue weighted by Crippen LogP contribution is 2.65. The minimum atomic E-state index is -0.920. The van der Waals surface area contributed by atoms with E-state index in [1.165, 1.54) is 37.7 Å². The maximum Gasteiger partial charge on any atom is 0.130 e. The van der Waals surface area contributed by atoms with Gasteiger partial charge in [-0.3, -0.25) is 0 Å². The lowest BCUT2D eigenvalue weighted by molar-refractivity contribution is -0.0811. The lowest BCUT2D eigenvalue weighted by atomic mass is 9.50. The second-order valence-corrected chi connectivity index (χ2v) is 10.4. The third-order valence-electron chi connectivity index (χ3n) is 8.98. The number of hydrogen-bond acceptors (Lipinski definition) is 2. The van der Waals surface area contributed by atoms with Crippen molar-refractivity contribution < 1.29 is 9.84 Å². The minimum Gasteiger partial charge on any atom is -0.490 e. The normalized spacial score (nSPS) is 42.4. The van der Waals surface area contributed by atoms with Crippen LogP contribution in [0.4, 0.5) is 0 Å². The molecule has 0 radical (unpaired) electrons. The summed E-state index contributed by atoms with van der Waals surface area (Å²) in [5.41, 5.74) is 1.99. The van der Waals surface area contributed by atoms with Crippen LogP contribution in [-0.4, -0.2) is 16.8 Å². The van der Waals surface area contributed by atoms with Gasteiger partial charge in [0.15, 0.2) is 0 Å². The summed E-state index contributed by atoms with van der Waals surface area (Å²) >= 11 is 0. The van der Waals surface area contributed by atoms with Crippen LogP contribution in [0, 0.1) is 35.5 Å². The van der Waals surface area contributed by atoms with Crippen molar-refractivity contribution >= 4 is 0 Å². The lowest BCUT2D eigenvalue weighted by Crippen LogP contribution is -2.52. The van der Waals surface area contributed by atoms with Crippen LogP contribution in [0.3, 0.4) is 0 Å². The summed E-state index contributed by atoms with van der Waals surface area (Å²) in [6.07, 6.45) is 16.5. The summed E-state index contributed by atoms with van der Waals surface area (Å²) in [7, 11) is 0. The smallest absolute Gasteiger partial charge is 0.130 e. The number of aliphatic hydroxyl groups is 1. The van der Waals surface area contributed by atoms with Gasteiger partial charge in [0, 0.05) is 5.41 Å². The molecular weight excluding hydrogens is 344 g/mol. The molecule has 0 amide bonds. The van der Waals surface area contributed by atoms with Crippen LogP contribution in [0.1, 0.15) is 82.3 Å². The van der Waals surface area contributed by atoms with Crippen LogP contribution in [-0.2, 0) is 6.42 Å². The molecule has 5 rings (SSSR count). The van der Waals surface area contributed by atoms with E-state index in [9.17, 15) is 5.11 Å². The Bertz CT molecular complexity index is 801. The van der Waals surface area contributed by atoms with Crippen LogP contribution in [0.5, 0.6) is 5.75 Å². The van der Waals surface area contributed by atoms with E-state index in [1.54, 1.807) is 5.56 Å². The maximum atomic E-state index is 11.2. The van der Waals surface area contributed by atoms with Crippen LogP contribution in [0.2, 0.25) is 0 Å². The Morgan fingerprint density at radius 1 is 1.18 bits per heavy atom. The van der Waals surface area contributed by atoms with Crippen molar-refractivity contribution in [2.24, 2.45) is 23.2 Å². The first-order valence-corrected chi connectivity index (χ1v) is 11.4. The maximum absolute atomic E-state index is 11.2. The Labute approximate surface area is 170 Å². The third kappa shape index (κ3) is 2.58. The van der Waals surface area contributed by atoms with E-state index in [0.717, 1.165) is 31.4 Å². The van der Waals surface area contributed by atoms with E-state index < -0.39 is 5.60 Å². The third-order valence-corrected chi connectivity index (χ3v) is 8.98. The first-order valence-electron chi connectivity index (χ1n) is 11.4. The second-order valence-electron chi connectivity index (χ2n) is 10.4. The lowest BCUT2D eigenvalue weighted by Gasteiger charge is -2.54. The fourth-order valence-electron chi connectivity index (χ4n) is 7.62. The van der Waals surface area contributed by atoms with Crippen molar-refractivity contribution in [3.05, 3.63) is 29.3 Å². The first kappa shape index (κ1) is 18.6. The number of ether oxygens (including phenoxy) is 1. The Hall–Kier alpha value is -1.46. The van der Waals surface area contributed by atoms with Crippen LogP contribution in [0.15, 0.2) is 18.2 Å². The van der Waals surface area contributed by atoms with Gasteiger partial charge < -0.3 is 9.84 Å².